The summed E-state index contributed by atoms with van der Waals surface area (Å²) in [7, 11) is 2.44. The smallest absolute Gasteiger partial charge is 0.193 e. The summed E-state index contributed by atoms with van der Waals surface area (Å²) in [6, 6.07) is 29.0. The Kier molecular flexibility index (Phi) is 5.63. The van der Waals surface area contributed by atoms with Gasteiger partial charge in [0.05, 0.1) is 6.04 Å². The molecule has 2 nitrogen and oxygen atoms in total. The predicted molar refractivity (Wildman–Crippen MR) is 185 cm³/mol. The van der Waals surface area contributed by atoms with Gasteiger partial charge in [0, 0.05) is 35.6 Å². The summed E-state index contributed by atoms with van der Waals surface area (Å²) < 4.78 is 6.54. The molecular formula is C41H33BNO. The topological polar surface area (TPSA) is 25.2 Å². The van der Waals surface area contributed by atoms with Gasteiger partial charge in [-0.3, -0.25) is 0 Å². The van der Waals surface area contributed by atoms with Crippen molar-refractivity contribution in [2.24, 2.45) is 0 Å². The lowest BCUT2D eigenvalue weighted by molar-refractivity contribution is 0.459. The first-order valence-corrected chi connectivity index (χ1v) is 15.8. The van der Waals surface area contributed by atoms with Gasteiger partial charge in [0.2, 0.25) is 0 Å². The summed E-state index contributed by atoms with van der Waals surface area (Å²) in [6.07, 6.45) is 9.79. The summed E-state index contributed by atoms with van der Waals surface area (Å²) in [6.45, 7) is 9.17. The van der Waals surface area contributed by atoms with E-state index >= 15 is 0 Å². The number of benzene rings is 4. The molecule has 2 heterocycles. The molecule has 0 saturated heterocycles. The minimum atomic E-state index is 0.0718. The van der Waals surface area contributed by atoms with E-state index in [-0.39, 0.29) is 12.0 Å². The Labute approximate surface area is 260 Å². The third kappa shape index (κ3) is 3.75. The van der Waals surface area contributed by atoms with Gasteiger partial charge in [-0.2, -0.15) is 0 Å². The first kappa shape index (κ1) is 25.7. The number of furan rings is 1. The number of aryl methyl sites for hydroxylation is 3. The number of fused-ring (bicyclic) bond motifs is 7. The number of hydrogen-bond donors (Lipinski definition) is 1. The van der Waals surface area contributed by atoms with Crippen LogP contribution in [0.2, 0.25) is 0 Å². The van der Waals surface area contributed by atoms with Crippen molar-refractivity contribution >= 4 is 47.2 Å². The van der Waals surface area contributed by atoms with Crippen molar-refractivity contribution in [3.8, 4) is 11.1 Å². The lowest BCUT2D eigenvalue weighted by atomic mass is 9.49. The van der Waals surface area contributed by atoms with Crippen LogP contribution in [0.3, 0.4) is 0 Å². The summed E-state index contributed by atoms with van der Waals surface area (Å²) in [4.78, 5) is 0. The number of allylic oxidation sites excluding steroid dienone is 2. The normalized spacial score (nSPS) is 18.7. The van der Waals surface area contributed by atoms with Crippen LogP contribution < -0.4 is 16.2 Å². The van der Waals surface area contributed by atoms with Crippen molar-refractivity contribution < 1.29 is 4.42 Å². The molecule has 1 N–H and O–H groups in total. The molecule has 44 heavy (non-hydrogen) atoms. The summed E-state index contributed by atoms with van der Waals surface area (Å²) in [5.41, 5.74) is 19.2. The minimum Gasteiger partial charge on any atom is -0.465 e. The van der Waals surface area contributed by atoms with Crippen LogP contribution in [0.1, 0.15) is 68.4 Å². The standard InChI is InChI=1S/C41H33BNO/c1-23-19-32(41-33(20-23)39-25(3)26-12-5-6-13-27(26)29-15-10-16-34(42-41)40(29)39)30-21-31-28-14-7-9-18-37(28)44-38(31)22-36(30)43-35-17-8-4-11-24(35)2/h4-8,10-17,19-21,36,39,43H,3,9,18,22H2,1-2H3. The van der Waals surface area contributed by atoms with E-state index in [1.165, 1.54) is 83.4 Å². The first-order chi connectivity index (χ1) is 21.5. The van der Waals surface area contributed by atoms with Gasteiger partial charge in [-0.25, -0.2) is 0 Å². The molecule has 0 amide bonds. The number of hydrogen-bond acceptors (Lipinski definition) is 2. The Hall–Kier alpha value is -4.76. The van der Waals surface area contributed by atoms with Crippen molar-refractivity contribution in [1.29, 1.82) is 0 Å². The second kappa shape index (κ2) is 9.62. The monoisotopic (exact) mass is 566 g/mol. The van der Waals surface area contributed by atoms with Crippen molar-refractivity contribution in [3.05, 3.63) is 148 Å². The zero-order chi connectivity index (χ0) is 29.5. The fourth-order valence-corrected chi connectivity index (χ4v) is 8.08. The van der Waals surface area contributed by atoms with Gasteiger partial charge in [-0.05, 0) is 82.5 Å². The van der Waals surface area contributed by atoms with Crippen molar-refractivity contribution in [2.75, 3.05) is 5.32 Å². The highest BCUT2D eigenvalue weighted by molar-refractivity contribution is 6.70. The lowest BCUT2D eigenvalue weighted by Crippen LogP contribution is -2.44. The van der Waals surface area contributed by atoms with Crippen LogP contribution in [0.15, 0.2) is 95.9 Å². The van der Waals surface area contributed by atoms with E-state index in [4.69, 9.17) is 11.0 Å². The second-order valence-electron chi connectivity index (χ2n) is 12.8. The van der Waals surface area contributed by atoms with Crippen LogP contribution in [0.5, 0.6) is 0 Å². The predicted octanol–water partition coefficient (Wildman–Crippen LogP) is 8.23. The van der Waals surface area contributed by atoms with Crippen LogP contribution in [0, 0.1) is 13.8 Å². The van der Waals surface area contributed by atoms with Gasteiger partial charge in [-0.1, -0.05) is 108 Å². The van der Waals surface area contributed by atoms with E-state index in [1.807, 2.05) is 0 Å². The molecule has 0 saturated carbocycles. The Bertz CT molecular complexity index is 2110. The molecule has 9 rings (SSSR count). The molecule has 4 aliphatic rings. The number of nitrogens with one attached hydrogen (secondary N) is 1. The quantitative estimate of drug-likeness (QED) is 0.223. The average Bonchev–Trinajstić information content (AvgIpc) is 3.41. The molecule has 0 fully saturated rings. The summed E-state index contributed by atoms with van der Waals surface area (Å²) >= 11 is 0. The highest BCUT2D eigenvalue weighted by atomic mass is 16.3. The number of rotatable bonds is 3. The SMILES string of the molecule is C=C1c2ccccc2-c2cccc3c2C1c1cc(C)cc(C2=Cc4c(oc5c4C=CCC5)CC2Nc2ccccc2C)c1[B]3. The van der Waals surface area contributed by atoms with Gasteiger partial charge in [-0.15, -0.1) is 0 Å². The molecular weight excluding hydrogens is 533 g/mol. The molecule has 211 valence electrons. The first-order valence-electron chi connectivity index (χ1n) is 15.8. The van der Waals surface area contributed by atoms with Crippen LogP contribution in [-0.2, 0) is 12.8 Å². The van der Waals surface area contributed by atoms with E-state index in [0.717, 1.165) is 30.8 Å². The van der Waals surface area contributed by atoms with Crippen LogP contribution in [-0.4, -0.2) is 13.3 Å². The zero-order valence-corrected chi connectivity index (χ0v) is 25.2. The van der Waals surface area contributed by atoms with Gasteiger partial charge < -0.3 is 9.73 Å². The molecule has 1 aliphatic heterocycles. The largest absolute Gasteiger partial charge is 0.465 e. The Balaban J connectivity index is 1.26. The van der Waals surface area contributed by atoms with Gasteiger partial charge in [0.25, 0.3) is 0 Å². The number of para-hydroxylation sites is 1. The van der Waals surface area contributed by atoms with Gasteiger partial charge in [0.15, 0.2) is 7.28 Å². The minimum absolute atomic E-state index is 0.0718. The highest BCUT2D eigenvalue weighted by Gasteiger charge is 2.38. The molecule has 3 heteroatoms. The third-order valence-corrected chi connectivity index (χ3v) is 10.1. The van der Waals surface area contributed by atoms with Crippen LogP contribution >= 0.6 is 0 Å². The van der Waals surface area contributed by atoms with E-state index < -0.39 is 0 Å². The van der Waals surface area contributed by atoms with Crippen LogP contribution in [0.25, 0.3) is 34.4 Å². The molecule has 2 unspecified atom stereocenters. The molecule has 0 bridgehead atoms. The molecule has 1 radical (unpaired) electrons. The Morgan fingerprint density at radius 1 is 0.841 bits per heavy atom. The van der Waals surface area contributed by atoms with E-state index in [2.05, 4.69) is 124 Å². The Morgan fingerprint density at radius 2 is 1.66 bits per heavy atom. The van der Waals surface area contributed by atoms with Crippen molar-refractivity contribution in [3.63, 3.8) is 0 Å². The lowest BCUT2D eigenvalue weighted by Gasteiger charge is -2.38. The van der Waals surface area contributed by atoms with E-state index in [9.17, 15) is 0 Å². The van der Waals surface area contributed by atoms with Crippen molar-refractivity contribution in [1.82, 2.24) is 0 Å². The highest BCUT2D eigenvalue weighted by Crippen LogP contribution is 2.49. The molecule has 5 aromatic rings. The zero-order valence-electron chi connectivity index (χ0n) is 25.2. The molecule has 1 aromatic heterocycles. The maximum Gasteiger partial charge on any atom is 0.193 e. The number of anilines is 1. The Morgan fingerprint density at radius 3 is 2.55 bits per heavy atom. The van der Waals surface area contributed by atoms with Gasteiger partial charge in [0.1, 0.15) is 11.5 Å². The summed E-state index contributed by atoms with van der Waals surface area (Å²) in [5.74, 6) is 2.34. The summed E-state index contributed by atoms with van der Waals surface area (Å²) in [5, 5.41) is 3.95. The van der Waals surface area contributed by atoms with E-state index in [1.54, 1.807) is 0 Å². The second-order valence-corrected chi connectivity index (χ2v) is 12.8. The average molecular weight is 567 g/mol. The maximum absolute atomic E-state index is 6.54. The molecule has 4 aromatic carbocycles. The van der Waals surface area contributed by atoms with Gasteiger partial charge >= 0.3 is 0 Å². The fraction of sp³-hybridized carbons (Fsp3) is 0.171. The van der Waals surface area contributed by atoms with Crippen LogP contribution in [0.4, 0.5) is 5.69 Å². The molecule has 0 spiro atoms. The third-order valence-electron chi connectivity index (χ3n) is 10.1. The van der Waals surface area contributed by atoms with Crippen molar-refractivity contribution in [2.45, 2.75) is 45.1 Å². The molecule has 2 atom stereocenters. The maximum atomic E-state index is 6.54. The fourth-order valence-electron chi connectivity index (χ4n) is 8.08. The molecule has 3 aliphatic carbocycles. The van der Waals surface area contributed by atoms with E-state index in [0.29, 0.717) is 0 Å².